The first kappa shape index (κ1) is 115. The largest absolute Gasteiger partial charge is 0.481 e. The third kappa shape index (κ3) is 40.0. The number of nitrogens with zero attached hydrogens (tertiary/aromatic N) is 9. The Hall–Kier alpha value is -9.29. The van der Waals surface area contributed by atoms with E-state index in [-0.39, 0.29) is 243 Å². The van der Waals surface area contributed by atoms with Gasteiger partial charge in [-0.3, -0.25) is 52.7 Å². The quantitative estimate of drug-likeness (QED) is 0.0172. The van der Waals surface area contributed by atoms with Crippen LogP contribution in [0.15, 0.2) is 18.6 Å². The molecule has 53 heteroatoms. The van der Waals surface area contributed by atoms with E-state index in [0.717, 1.165) is 6.42 Å². The first-order valence-electron chi connectivity index (χ1n) is 47.3. The molecule has 0 saturated carbocycles. The van der Waals surface area contributed by atoms with E-state index in [1.807, 2.05) is 0 Å². The van der Waals surface area contributed by atoms with Crippen molar-refractivity contribution in [2.24, 2.45) is 5.92 Å². The van der Waals surface area contributed by atoms with E-state index in [2.05, 4.69) is 57.5 Å². The number of aliphatic carboxylic acids is 1. The third-order valence-electron chi connectivity index (χ3n) is 22.5. The lowest BCUT2D eigenvalue weighted by Crippen LogP contribution is -2.68. The smallest absolute Gasteiger partial charge is 0.303 e. The predicted molar refractivity (Wildman–Crippen MR) is 474 cm³/mol. The number of ether oxygens (including phenoxy) is 26. The molecule has 6 fully saturated rings. The van der Waals surface area contributed by atoms with Crippen LogP contribution in [-0.2, 0) is 215 Å². The molecule has 3 aromatic rings. The average molecular weight is 2020 g/mol. The number of hydrogen-bond donors (Lipinski definition) is 7. The number of aromatic nitrogens is 9. The average Bonchev–Trinajstić information content (AvgIpc) is 1.61. The maximum Gasteiger partial charge on any atom is 0.303 e. The fourth-order valence-electron chi connectivity index (χ4n) is 16.3. The van der Waals surface area contributed by atoms with Crippen molar-refractivity contribution >= 4 is 65.4 Å². The van der Waals surface area contributed by atoms with Crippen LogP contribution < -0.4 is 26.6 Å². The van der Waals surface area contributed by atoms with Gasteiger partial charge in [-0.05, 0) is 25.7 Å². The summed E-state index contributed by atoms with van der Waals surface area (Å²) in [6, 6.07) is -2.83. The van der Waals surface area contributed by atoms with E-state index >= 15 is 0 Å². The molecule has 6 saturated heterocycles. The van der Waals surface area contributed by atoms with Crippen LogP contribution in [0.5, 0.6) is 0 Å². The van der Waals surface area contributed by atoms with Gasteiger partial charge in [0.25, 0.3) is 0 Å². The molecule has 7 N–H and O–H groups in total. The lowest BCUT2D eigenvalue weighted by molar-refractivity contribution is -0.251. The fraction of sp³-hybridized carbons (Fsp3) is 0.807. The Bertz CT molecular complexity index is 3910. The highest BCUT2D eigenvalue weighted by molar-refractivity contribution is 5.78. The SMILES string of the molecule is CC(=O)N[C@H]1[C@H]2OC[C@](COCCOCCOCCOCCn3cc(COCC(COCc4cn(CCOCCOCCOCCOC[C@@]56CO[C@@H](O5)[C@H](NC(C)=O)[C@H](OC(C)=O)[C@H]6CC(=O)O)nn4)(COCc4cn(CCOCCOCCOCCOC[C@@]56CO[C@@H](O5)[C@H](NC(C)=O)[C@@H](OC(C)=O)[C@H]6OC(C)=O)nn4)NC(=O)CCCCCNC(=O)CCCCCO)nn3)(O2)[C@H](OC(C)=O)[C@@H]1OC(C)=O. The Balaban J connectivity index is 0.719. The Morgan fingerprint density at radius 3 is 1.04 bits per heavy atom. The zero-order chi connectivity index (χ0) is 101. The van der Waals surface area contributed by atoms with Crippen molar-refractivity contribution in [3.63, 3.8) is 0 Å². The lowest BCUT2D eigenvalue weighted by atomic mass is 9.77. The Morgan fingerprint density at radius 1 is 0.383 bits per heavy atom. The van der Waals surface area contributed by atoms with Crippen molar-refractivity contribution in [2.75, 3.05) is 211 Å². The maximum atomic E-state index is 14.2. The Labute approximate surface area is 815 Å². The number of amides is 5. The van der Waals surface area contributed by atoms with E-state index < -0.39 is 156 Å². The highest BCUT2D eigenvalue weighted by atomic mass is 16.8. The monoisotopic (exact) mass is 2020 g/mol. The van der Waals surface area contributed by atoms with Gasteiger partial charge in [-0.1, -0.05) is 28.5 Å². The van der Waals surface area contributed by atoms with E-state index in [9.17, 15) is 57.8 Å². The van der Waals surface area contributed by atoms with Crippen LogP contribution in [0.4, 0.5) is 0 Å². The number of carbonyl (C=O) groups is 11. The molecule has 0 aliphatic carbocycles. The summed E-state index contributed by atoms with van der Waals surface area (Å²) in [4.78, 5) is 136. The van der Waals surface area contributed by atoms with E-state index in [4.69, 9.17) is 128 Å². The van der Waals surface area contributed by atoms with Crippen LogP contribution in [0.2, 0.25) is 0 Å². The normalized spacial score (nSPS) is 24.1. The van der Waals surface area contributed by atoms with E-state index in [0.29, 0.717) is 81.8 Å². The molecule has 6 aliphatic heterocycles. The van der Waals surface area contributed by atoms with E-state index in [1.165, 1.54) is 55.4 Å². The molecule has 796 valence electrons. The van der Waals surface area contributed by atoms with Gasteiger partial charge < -0.3 is 160 Å². The van der Waals surface area contributed by atoms with Gasteiger partial charge in [-0.2, -0.15) is 0 Å². The van der Waals surface area contributed by atoms with Crippen molar-refractivity contribution in [1.29, 1.82) is 0 Å². The highest BCUT2D eigenvalue weighted by Crippen LogP contribution is 2.46. The van der Waals surface area contributed by atoms with Crippen molar-refractivity contribution in [3.05, 3.63) is 35.7 Å². The van der Waals surface area contributed by atoms with Crippen LogP contribution in [0, 0.1) is 5.92 Å². The molecule has 0 aromatic carbocycles. The van der Waals surface area contributed by atoms with Crippen LogP contribution in [-0.4, -0.2) is 422 Å². The lowest BCUT2D eigenvalue weighted by Gasteiger charge is -2.46. The zero-order valence-electron chi connectivity index (χ0n) is 81.4. The maximum absolute atomic E-state index is 14.2. The molecule has 5 amide bonds. The number of fused-ring (bicyclic) bond motifs is 6. The predicted octanol–water partition coefficient (Wildman–Crippen LogP) is -2.67. The molecule has 3 aromatic heterocycles. The van der Waals surface area contributed by atoms with Gasteiger partial charge in [0.05, 0.1) is 263 Å². The summed E-state index contributed by atoms with van der Waals surface area (Å²) in [5.74, 6) is -7.08. The molecule has 0 radical (unpaired) electrons. The molecule has 53 nitrogen and oxygen atoms in total. The van der Waals surface area contributed by atoms with Gasteiger partial charge in [-0.25, -0.2) is 14.0 Å². The van der Waals surface area contributed by atoms with Crippen molar-refractivity contribution in [3.8, 4) is 0 Å². The Kier molecular flexibility index (Phi) is 50.5. The van der Waals surface area contributed by atoms with Crippen LogP contribution in [0.25, 0.3) is 0 Å². The Morgan fingerprint density at radius 2 is 0.695 bits per heavy atom. The molecular weight excluding hydrogens is 1880 g/mol. The summed E-state index contributed by atoms with van der Waals surface area (Å²) in [6.45, 7) is 14.9. The molecule has 6 bridgehead atoms. The number of esters is 5. The second-order valence-corrected chi connectivity index (χ2v) is 34.3. The molecule has 141 heavy (non-hydrogen) atoms. The van der Waals surface area contributed by atoms with Crippen LogP contribution in [0.3, 0.4) is 0 Å². The molecular formula is C88H140N14O39. The summed E-state index contributed by atoms with van der Waals surface area (Å²) in [7, 11) is 0. The first-order valence-corrected chi connectivity index (χ1v) is 47.3. The number of carboxylic acids is 1. The summed E-state index contributed by atoms with van der Waals surface area (Å²) in [6.07, 6.45) is 0.328. The minimum Gasteiger partial charge on any atom is -0.481 e. The number of nitrogens with one attached hydrogen (secondary N) is 5. The number of unbranched alkanes of at least 4 members (excludes halogenated alkanes) is 4. The summed E-state index contributed by atoms with van der Waals surface area (Å²) in [5.41, 5.74) is -3.90. The van der Waals surface area contributed by atoms with Gasteiger partial charge in [0.15, 0.2) is 54.5 Å². The number of carbonyl (C=O) groups excluding carboxylic acids is 10. The van der Waals surface area contributed by atoms with Gasteiger partial charge in [0, 0.05) is 87.3 Å². The van der Waals surface area contributed by atoms with Crippen molar-refractivity contribution in [2.45, 2.75) is 242 Å². The second kappa shape index (κ2) is 61.8. The molecule has 6 aliphatic rings. The van der Waals surface area contributed by atoms with Crippen molar-refractivity contribution in [1.82, 2.24) is 71.6 Å². The number of hydrogen-bond acceptors (Lipinski definition) is 44. The van der Waals surface area contributed by atoms with Crippen LogP contribution in [0.1, 0.15) is 130 Å². The zero-order valence-corrected chi connectivity index (χ0v) is 81.4. The number of carboxylic acid groups (broad SMARTS) is 1. The molecule has 0 spiro atoms. The van der Waals surface area contributed by atoms with Gasteiger partial charge in [0.2, 0.25) is 29.5 Å². The molecule has 0 unspecified atom stereocenters. The summed E-state index contributed by atoms with van der Waals surface area (Å²) >= 11 is 0. The second-order valence-electron chi connectivity index (χ2n) is 34.3. The van der Waals surface area contributed by atoms with Gasteiger partial charge in [-0.15, -0.1) is 15.3 Å². The minimum atomic E-state index is -1.35. The van der Waals surface area contributed by atoms with Crippen LogP contribution >= 0.6 is 0 Å². The summed E-state index contributed by atoms with van der Waals surface area (Å²) < 4.78 is 157. The van der Waals surface area contributed by atoms with E-state index in [1.54, 1.807) is 32.6 Å². The molecule has 9 rings (SSSR count). The third-order valence-corrected chi connectivity index (χ3v) is 22.5. The van der Waals surface area contributed by atoms with Gasteiger partial charge >= 0.3 is 35.8 Å². The number of aliphatic hydroxyl groups excluding tert-OH is 1. The number of rotatable bonds is 76. The van der Waals surface area contributed by atoms with Crippen molar-refractivity contribution < 1.29 is 186 Å². The molecule has 9 heterocycles. The number of aliphatic hydroxyl groups is 1. The fourth-order valence-corrected chi connectivity index (χ4v) is 16.3. The minimum absolute atomic E-state index is 0.0480. The standard InChI is InChI=1S/C88H140N14O39/c1-59(104)90-74-77(134-62(4)107)70(43-73(114)115)86(56-131-82(74)139-86)53-125-40-37-122-34-31-119-28-25-116-22-18-100-44-67(94-97-100)47-128-50-85(93-72(113)16-11-9-13-17-89-71(112)15-12-10-14-21-103,51-129-48-68-45-101(98-95-68)19-23-117-26-29-120-32-35-123-38-41-126-54-87-57-132-83(140-87)75(91-60(2)105)78(135-63(5)108)80(87)137-65(7)110)52-130-49-69-46-102(99-96-69)20-24-118-27-30-121-33-36-124-39-42-127-55-88-58-133-84(141-88)76(92-61(3)106)79(136-64(6)109)81(88)138-66(8)111/h44-46,70,74-84,103H,9-43,47-58H2,1-8H3,(H,89,112)(H,90,104)(H,91,105)(H,92,106)(H,93,113)(H,114,115)/t70-,74-,75-,76-,77-,78-,79-,80-,81-,82+,83+,84+,86+,87+,88+/m1/s1. The topological polar surface area (TPSA) is 620 Å². The highest BCUT2D eigenvalue weighted by Gasteiger charge is 2.66. The first-order chi connectivity index (χ1) is 68.0. The molecule has 15 atom stereocenters. The van der Waals surface area contributed by atoms with Gasteiger partial charge in [0.1, 0.15) is 52.5 Å². The summed E-state index contributed by atoms with van der Waals surface area (Å²) in [5, 5.41) is 58.9.